The van der Waals surface area contributed by atoms with Crippen LogP contribution in [0.5, 0.6) is 0 Å². The fourth-order valence-electron chi connectivity index (χ4n) is 3.19. The third kappa shape index (κ3) is 6.12. The van der Waals surface area contributed by atoms with Crippen LogP contribution in [0.2, 0.25) is 5.02 Å². The highest BCUT2D eigenvalue weighted by Crippen LogP contribution is 2.35. The number of aryl methyl sites for hydroxylation is 1. The van der Waals surface area contributed by atoms with E-state index in [9.17, 15) is 18.3 Å². The first-order valence-corrected chi connectivity index (χ1v) is 10.6. The summed E-state index contributed by atoms with van der Waals surface area (Å²) in [7, 11) is -3.53. The van der Waals surface area contributed by atoms with Gasteiger partial charge in [0.1, 0.15) is 0 Å². The first-order valence-electron chi connectivity index (χ1n) is 8.37. The molecular formula is C17H24ClNO6S. The molecule has 1 amide bonds. The van der Waals surface area contributed by atoms with Crippen LogP contribution in [0.15, 0.2) is 18.2 Å². The van der Waals surface area contributed by atoms with Gasteiger partial charge in [-0.3, -0.25) is 4.18 Å². The number of carboxylic acid groups (broad SMARTS) is 1. The molecule has 1 N–H and O–H groups in total. The molecule has 2 rings (SSSR count). The second-order valence-corrected chi connectivity index (χ2v) is 8.53. The lowest BCUT2D eigenvalue weighted by molar-refractivity contribution is -0.0230. The standard InChI is InChI=1S/C17H24ClNO6S/c1-12-5-6-14(18)10-15(12)16(24-8-9-25-26(2,22)23)13-4-3-7-19(11-13)17(20)21/h5-6,10,13,16H,3-4,7-9,11H2,1-2H3,(H,20,21). The van der Waals surface area contributed by atoms with Crippen LogP contribution in [-0.4, -0.2) is 57.1 Å². The number of halogens is 1. The number of hydrogen-bond acceptors (Lipinski definition) is 5. The maximum atomic E-state index is 11.3. The Morgan fingerprint density at radius 1 is 1.42 bits per heavy atom. The lowest BCUT2D eigenvalue weighted by Crippen LogP contribution is -2.41. The first kappa shape index (κ1) is 21.0. The predicted octanol–water partition coefficient (Wildman–Crippen LogP) is 3.07. The van der Waals surface area contributed by atoms with Crippen LogP contribution in [0.4, 0.5) is 4.79 Å². The van der Waals surface area contributed by atoms with Crippen LogP contribution < -0.4 is 0 Å². The number of amides is 1. The molecule has 1 heterocycles. The van der Waals surface area contributed by atoms with E-state index in [1.807, 2.05) is 19.1 Å². The van der Waals surface area contributed by atoms with Gasteiger partial charge < -0.3 is 14.7 Å². The zero-order valence-electron chi connectivity index (χ0n) is 14.9. The van der Waals surface area contributed by atoms with Crippen molar-refractivity contribution in [3.63, 3.8) is 0 Å². The van der Waals surface area contributed by atoms with Crippen LogP contribution >= 0.6 is 11.6 Å². The van der Waals surface area contributed by atoms with E-state index in [2.05, 4.69) is 0 Å². The van der Waals surface area contributed by atoms with Crippen molar-refractivity contribution in [2.75, 3.05) is 32.6 Å². The normalized spacial score (nSPS) is 19.3. The predicted molar refractivity (Wildman–Crippen MR) is 98.0 cm³/mol. The Labute approximate surface area is 159 Å². The number of likely N-dealkylation sites (tertiary alicyclic amines) is 1. The van der Waals surface area contributed by atoms with Gasteiger partial charge in [0, 0.05) is 24.0 Å². The van der Waals surface area contributed by atoms with E-state index in [1.165, 1.54) is 4.90 Å². The smallest absolute Gasteiger partial charge is 0.407 e. The molecule has 1 saturated heterocycles. The Morgan fingerprint density at radius 3 is 2.81 bits per heavy atom. The van der Waals surface area contributed by atoms with Gasteiger partial charge in [-0.25, -0.2) is 4.79 Å². The van der Waals surface area contributed by atoms with Gasteiger partial charge in [0.15, 0.2) is 0 Å². The zero-order valence-corrected chi connectivity index (χ0v) is 16.4. The van der Waals surface area contributed by atoms with Crippen LogP contribution in [0.25, 0.3) is 0 Å². The van der Waals surface area contributed by atoms with Crippen molar-refractivity contribution in [1.29, 1.82) is 0 Å². The van der Waals surface area contributed by atoms with Crippen LogP contribution in [0.1, 0.15) is 30.1 Å². The quantitative estimate of drug-likeness (QED) is 0.553. The molecule has 0 aliphatic carbocycles. The number of rotatable bonds is 7. The van der Waals surface area contributed by atoms with Crippen molar-refractivity contribution in [3.05, 3.63) is 34.3 Å². The second-order valence-electron chi connectivity index (χ2n) is 6.45. The molecule has 1 aliphatic rings. The third-order valence-electron chi connectivity index (χ3n) is 4.38. The molecule has 1 aliphatic heterocycles. The summed E-state index contributed by atoms with van der Waals surface area (Å²) in [6, 6.07) is 5.49. The lowest BCUT2D eigenvalue weighted by Gasteiger charge is -2.36. The van der Waals surface area contributed by atoms with E-state index >= 15 is 0 Å². The van der Waals surface area contributed by atoms with Gasteiger partial charge in [0.25, 0.3) is 10.1 Å². The molecule has 9 heteroatoms. The summed E-state index contributed by atoms with van der Waals surface area (Å²) < 4.78 is 32.9. The van der Waals surface area contributed by atoms with E-state index in [0.717, 1.165) is 30.2 Å². The minimum absolute atomic E-state index is 0.0461. The van der Waals surface area contributed by atoms with Crippen molar-refractivity contribution < 1.29 is 27.2 Å². The van der Waals surface area contributed by atoms with Crippen molar-refractivity contribution in [1.82, 2.24) is 4.90 Å². The molecule has 2 unspecified atom stereocenters. The third-order valence-corrected chi connectivity index (χ3v) is 5.21. The van der Waals surface area contributed by atoms with Crippen LogP contribution in [0.3, 0.4) is 0 Å². The summed E-state index contributed by atoms with van der Waals surface area (Å²) in [6.45, 7) is 2.79. The molecule has 1 fully saturated rings. The minimum Gasteiger partial charge on any atom is -0.465 e. The summed E-state index contributed by atoms with van der Waals surface area (Å²) >= 11 is 6.14. The fraction of sp³-hybridized carbons (Fsp3) is 0.588. The molecule has 2 atom stereocenters. The molecule has 0 spiro atoms. The van der Waals surface area contributed by atoms with Crippen molar-refractivity contribution in [2.45, 2.75) is 25.9 Å². The number of hydrogen-bond donors (Lipinski definition) is 1. The Bertz CT molecular complexity index is 739. The highest BCUT2D eigenvalue weighted by Gasteiger charge is 2.32. The summed E-state index contributed by atoms with van der Waals surface area (Å²) in [6.07, 6.45) is 1.21. The van der Waals surface area contributed by atoms with Gasteiger partial charge in [-0.15, -0.1) is 0 Å². The van der Waals surface area contributed by atoms with Crippen molar-refractivity contribution in [3.8, 4) is 0 Å². The molecule has 7 nitrogen and oxygen atoms in total. The lowest BCUT2D eigenvalue weighted by atomic mass is 9.87. The molecule has 26 heavy (non-hydrogen) atoms. The van der Waals surface area contributed by atoms with Crippen molar-refractivity contribution >= 4 is 27.8 Å². The second kappa shape index (κ2) is 9.03. The summed E-state index contributed by atoms with van der Waals surface area (Å²) in [5.74, 6) is -0.0461. The molecule has 146 valence electrons. The zero-order chi connectivity index (χ0) is 19.3. The monoisotopic (exact) mass is 405 g/mol. The Morgan fingerprint density at radius 2 is 2.15 bits per heavy atom. The molecule has 0 saturated carbocycles. The number of benzene rings is 1. The van der Waals surface area contributed by atoms with Crippen LogP contribution in [0, 0.1) is 12.8 Å². The Balaban J connectivity index is 2.18. The van der Waals surface area contributed by atoms with Gasteiger partial charge in [0.05, 0.1) is 25.6 Å². The average Bonchev–Trinajstić information content (AvgIpc) is 2.56. The molecule has 0 radical (unpaired) electrons. The highest BCUT2D eigenvalue weighted by molar-refractivity contribution is 7.85. The maximum absolute atomic E-state index is 11.3. The SMILES string of the molecule is Cc1ccc(Cl)cc1C(OCCOS(C)(=O)=O)C1CCCN(C(=O)O)C1. The number of ether oxygens (including phenoxy) is 1. The first-order chi connectivity index (χ1) is 12.2. The number of piperidine rings is 1. The number of nitrogens with zero attached hydrogens (tertiary/aromatic N) is 1. The molecule has 1 aromatic rings. The van der Waals surface area contributed by atoms with Gasteiger partial charge in [0.2, 0.25) is 0 Å². The molecule has 0 bridgehead atoms. The summed E-state index contributed by atoms with van der Waals surface area (Å²) in [5, 5.41) is 9.86. The van der Waals surface area contributed by atoms with E-state index in [4.69, 9.17) is 20.5 Å². The fourth-order valence-corrected chi connectivity index (χ4v) is 3.74. The van der Waals surface area contributed by atoms with Gasteiger partial charge in [-0.1, -0.05) is 17.7 Å². The van der Waals surface area contributed by atoms with E-state index in [0.29, 0.717) is 18.1 Å². The molecule has 1 aromatic carbocycles. The van der Waals surface area contributed by atoms with Crippen LogP contribution in [-0.2, 0) is 19.0 Å². The van der Waals surface area contributed by atoms with E-state index in [-0.39, 0.29) is 25.2 Å². The van der Waals surface area contributed by atoms with Gasteiger partial charge in [-0.2, -0.15) is 8.42 Å². The summed E-state index contributed by atoms with van der Waals surface area (Å²) in [4.78, 5) is 12.7. The average molecular weight is 406 g/mol. The Hall–Kier alpha value is -1.35. The van der Waals surface area contributed by atoms with Crippen molar-refractivity contribution in [2.24, 2.45) is 5.92 Å². The highest BCUT2D eigenvalue weighted by atomic mass is 35.5. The maximum Gasteiger partial charge on any atom is 0.407 e. The topological polar surface area (TPSA) is 93.1 Å². The molecular weight excluding hydrogens is 382 g/mol. The number of carbonyl (C=O) groups is 1. The summed E-state index contributed by atoms with van der Waals surface area (Å²) in [5.41, 5.74) is 1.87. The van der Waals surface area contributed by atoms with Gasteiger partial charge >= 0.3 is 6.09 Å². The van der Waals surface area contributed by atoms with Gasteiger partial charge in [-0.05, 0) is 43.0 Å². The largest absolute Gasteiger partial charge is 0.465 e. The van der Waals surface area contributed by atoms with E-state index in [1.54, 1.807) is 6.07 Å². The van der Waals surface area contributed by atoms with E-state index < -0.39 is 16.2 Å². The minimum atomic E-state index is -3.53. The molecule has 0 aromatic heterocycles. The Kier molecular flexibility index (Phi) is 7.28.